The van der Waals surface area contributed by atoms with E-state index in [2.05, 4.69) is 33.0 Å². The molecular weight excluding hydrogens is 222 g/mol. The van der Waals surface area contributed by atoms with Gasteiger partial charge in [-0.3, -0.25) is 0 Å². The van der Waals surface area contributed by atoms with Crippen molar-refractivity contribution >= 4 is 0 Å². The molecule has 0 bridgehead atoms. The molecule has 18 heavy (non-hydrogen) atoms. The molecule has 0 heterocycles. The van der Waals surface area contributed by atoms with Gasteiger partial charge in [0.2, 0.25) is 0 Å². The van der Waals surface area contributed by atoms with E-state index < -0.39 is 0 Å². The average Bonchev–Trinajstić information content (AvgIpc) is 2.31. The Labute approximate surface area is 114 Å². The largest absolute Gasteiger partial charge is 0.384 e. The monoisotopic (exact) mass is 255 g/mol. The lowest BCUT2D eigenvalue weighted by molar-refractivity contribution is 0.0403. The minimum absolute atomic E-state index is 0.522. The fourth-order valence-corrected chi connectivity index (χ4v) is 3.47. The molecule has 0 aromatic heterocycles. The molecule has 1 aliphatic rings. The highest BCUT2D eigenvalue weighted by Crippen LogP contribution is 2.44. The van der Waals surface area contributed by atoms with Crippen LogP contribution in [0.1, 0.15) is 53.4 Å². The lowest BCUT2D eigenvalue weighted by Crippen LogP contribution is -2.40. The van der Waals surface area contributed by atoms with E-state index in [1.165, 1.54) is 32.2 Å². The van der Waals surface area contributed by atoms with Gasteiger partial charge >= 0.3 is 0 Å². The van der Waals surface area contributed by atoms with E-state index in [1.54, 1.807) is 0 Å². The summed E-state index contributed by atoms with van der Waals surface area (Å²) in [7, 11) is 1.83. The first kappa shape index (κ1) is 16.0. The fraction of sp³-hybridized carbons (Fsp3) is 1.00. The van der Waals surface area contributed by atoms with Crippen molar-refractivity contribution in [2.75, 3.05) is 26.8 Å². The van der Waals surface area contributed by atoms with Crippen molar-refractivity contribution in [3.63, 3.8) is 0 Å². The second-order valence-corrected chi connectivity index (χ2v) is 6.97. The van der Waals surface area contributed by atoms with Crippen molar-refractivity contribution in [1.82, 2.24) is 5.32 Å². The lowest BCUT2D eigenvalue weighted by atomic mass is 9.63. The summed E-state index contributed by atoms with van der Waals surface area (Å²) in [5, 5.41) is 3.62. The molecular formula is C16H33NO. The van der Waals surface area contributed by atoms with Crippen molar-refractivity contribution in [2.24, 2.45) is 23.2 Å². The maximum absolute atomic E-state index is 5.38. The third-order valence-electron chi connectivity index (χ3n) is 4.58. The number of hydrogen-bond donors (Lipinski definition) is 1. The van der Waals surface area contributed by atoms with E-state index in [4.69, 9.17) is 4.74 Å². The summed E-state index contributed by atoms with van der Waals surface area (Å²) in [6.07, 6.45) is 5.34. The van der Waals surface area contributed by atoms with Gasteiger partial charge in [0.15, 0.2) is 0 Å². The molecule has 1 N–H and O–H groups in total. The van der Waals surface area contributed by atoms with Crippen molar-refractivity contribution in [3.8, 4) is 0 Å². The van der Waals surface area contributed by atoms with Crippen LogP contribution >= 0.6 is 0 Å². The summed E-state index contributed by atoms with van der Waals surface area (Å²) < 4.78 is 5.38. The molecule has 0 aliphatic heterocycles. The van der Waals surface area contributed by atoms with Crippen molar-refractivity contribution in [3.05, 3.63) is 0 Å². The molecule has 2 heteroatoms. The Bertz CT molecular complexity index is 227. The van der Waals surface area contributed by atoms with Crippen LogP contribution in [0.15, 0.2) is 0 Å². The Balaban J connectivity index is 2.56. The Hall–Kier alpha value is -0.0800. The normalized spacial score (nSPS) is 29.2. The van der Waals surface area contributed by atoms with Gasteiger partial charge in [-0.2, -0.15) is 0 Å². The highest BCUT2D eigenvalue weighted by molar-refractivity contribution is 4.88. The van der Waals surface area contributed by atoms with Gasteiger partial charge in [0.1, 0.15) is 0 Å². The summed E-state index contributed by atoms with van der Waals surface area (Å²) in [5.41, 5.74) is 0.522. The lowest BCUT2D eigenvalue weighted by Gasteiger charge is -2.43. The molecule has 1 rings (SSSR count). The van der Waals surface area contributed by atoms with Crippen LogP contribution in [0.2, 0.25) is 0 Å². The predicted octanol–water partition coefficient (Wildman–Crippen LogP) is 3.71. The second kappa shape index (κ2) is 7.49. The smallest absolute Gasteiger partial charge is 0.0490 e. The number of hydrogen-bond acceptors (Lipinski definition) is 2. The maximum Gasteiger partial charge on any atom is 0.0490 e. The molecule has 0 spiro atoms. The van der Waals surface area contributed by atoms with E-state index in [9.17, 15) is 0 Å². The van der Waals surface area contributed by atoms with Gasteiger partial charge in [-0.15, -0.1) is 0 Å². The number of rotatable bonds is 7. The fourth-order valence-electron chi connectivity index (χ4n) is 3.47. The zero-order valence-electron chi connectivity index (χ0n) is 13.1. The SMILES string of the molecule is CCCNCC1CCC(C)(C)CC1C(C)COC. The molecule has 0 aromatic carbocycles. The van der Waals surface area contributed by atoms with E-state index >= 15 is 0 Å². The van der Waals surface area contributed by atoms with Crippen molar-refractivity contribution < 1.29 is 4.74 Å². The molecule has 0 radical (unpaired) electrons. The van der Waals surface area contributed by atoms with Crippen LogP contribution in [0.4, 0.5) is 0 Å². The maximum atomic E-state index is 5.38. The first-order chi connectivity index (χ1) is 8.50. The third kappa shape index (κ3) is 4.89. The van der Waals surface area contributed by atoms with Gasteiger partial charge in [0.05, 0.1) is 0 Å². The average molecular weight is 255 g/mol. The van der Waals surface area contributed by atoms with E-state index in [-0.39, 0.29) is 0 Å². The summed E-state index contributed by atoms with van der Waals surface area (Å²) in [5.74, 6) is 2.34. The van der Waals surface area contributed by atoms with E-state index in [0.717, 1.165) is 25.0 Å². The molecule has 0 aromatic rings. The Kier molecular flexibility index (Phi) is 6.65. The van der Waals surface area contributed by atoms with Gasteiger partial charge in [0, 0.05) is 13.7 Å². The number of methoxy groups -OCH3 is 1. The summed E-state index contributed by atoms with van der Waals surface area (Å²) >= 11 is 0. The van der Waals surface area contributed by atoms with Crippen molar-refractivity contribution in [2.45, 2.75) is 53.4 Å². The van der Waals surface area contributed by atoms with Crippen LogP contribution < -0.4 is 5.32 Å². The molecule has 2 nitrogen and oxygen atoms in total. The topological polar surface area (TPSA) is 21.3 Å². The summed E-state index contributed by atoms with van der Waals surface area (Å²) in [6.45, 7) is 12.7. The molecule has 0 amide bonds. The highest BCUT2D eigenvalue weighted by Gasteiger charge is 2.37. The van der Waals surface area contributed by atoms with Gasteiger partial charge in [-0.1, -0.05) is 27.7 Å². The minimum Gasteiger partial charge on any atom is -0.384 e. The number of ether oxygens (including phenoxy) is 1. The molecule has 3 unspecified atom stereocenters. The van der Waals surface area contributed by atoms with Crippen LogP contribution in [-0.2, 0) is 4.74 Å². The van der Waals surface area contributed by atoms with E-state index in [0.29, 0.717) is 11.3 Å². The zero-order valence-corrected chi connectivity index (χ0v) is 13.1. The van der Waals surface area contributed by atoms with Gasteiger partial charge in [0.25, 0.3) is 0 Å². The van der Waals surface area contributed by atoms with E-state index in [1.807, 2.05) is 7.11 Å². The molecule has 1 fully saturated rings. The zero-order chi connectivity index (χ0) is 13.6. The quantitative estimate of drug-likeness (QED) is 0.700. The van der Waals surface area contributed by atoms with Gasteiger partial charge in [-0.25, -0.2) is 0 Å². The Morgan fingerprint density at radius 2 is 2.11 bits per heavy atom. The second-order valence-electron chi connectivity index (χ2n) is 6.97. The van der Waals surface area contributed by atoms with Gasteiger partial charge < -0.3 is 10.1 Å². The first-order valence-corrected chi connectivity index (χ1v) is 7.70. The predicted molar refractivity (Wildman–Crippen MR) is 78.8 cm³/mol. The van der Waals surface area contributed by atoms with Crippen LogP contribution in [0, 0.1) is 23.2 Å². The summed E-state index contributed by atoms with van der Waals surface area (Å²) in [4.78, 5) is 0. The molecule has 3 atom stereocenters. The van der Waals surface area contributed by atoms with Crippen LogP contribution in [0.3, 0.4) is 0 Å². The Morgan fingerprint density at radius 3 is 2.72 bits per heavy atom. The molecule has 108 valence electrons. The standard InChI is InChI=1S/C16H33NO/c1-6-9-17-11-14-7-8-16(3,4)10-15(14)13(2)12-18-5/h13-15,17H,6-12H2,1-5H3. The van der Waals surface area contributed by atoms with Crippen LogP contribution in [-0.4, -0.2) is 26.8 Å². The minimum atomic E-state index is 0.522. The van der Waals surface area contributed by atoms with Crippen LogP contribution in [0.5, 0.6) is 0 Å². The highest BCUT2D eigenvalue weighted by atomic mass is 16.5. The summed E-state index contributed by atoms with van der Waals surface area (Å²) in [6, 6.07) is 0. The first-order valence-electron chi connectivity index (χ1n) is 7.70. The third-order valence-corrected chi connectivity index (χ3v) is 4.58. The van der Waals surface area contributed by atoms with Gasteiger partial charge in [-0.05, 0) is 61.9 Å². The number of nitrogens with one attached hydrogen (secondary N) is 1. The molecule has 1 aliphatic carbocycles. The molecule has 1 saturated carbocycles. The van der Waals surface area contributed by atoms with Crippen LogP contribution in [0.25, 0.3) is 0 Å². The molecule has 0 saturated heterocycles. The Morgan fingerprint density at radius 1 is 1.39 bits per heavy atom. The van der Waals surface area contributed by atoms with Crippen molar-refractivity contribution in [1.29, 1.82) is 0 Å².